The summed E-state index contributed by atoms with van der Waals surface area (Å²) in [6.07, 6.45) is 0. The van der Waals surface area contributed by atoms with Crippen LogP contribution in [-0.4, -0.2) is 16.7 Å². The first-order valence-corrected chi connectivity index (χ1v) is 5.71. The Morgan fingerprint density at radius 1 is 1.17 bits per heavy atom. The van der Waals surface area contributed by atoms with Crippen LogP contribution >= 0.6 is 11.6 Å². The maximum atomic E-state index is 11.9. The summed E-state index contributed by atoms with van der Waals surface area (Å²) >= 11 is 5.82. The third-order valence-corrected chi connectivity index (χ3v) is 2.63. The number of hydrogen-bond acceptors (Lipinski definition) is 2. The van der Waals surface area contributed by atoms with E-state index in [1.54, 1.807) is 36.4 Å². The Morgan fingerprint density at radius 2 is 1.89 bits per heavy atom. The zero-order chi connectivity index (χ0) is 13.1. The van der Waals surface area contributed by atoms with Gasteiger partial charge in [0.25, 0.3) is 5.91 Å². The molecule has 1 heterocycles. The fraction of sp³-hybridized carbons (Fsp3) is 0.0769. The number of Topliss-reactive ketones (excluding diaryl/α,β-unsaturated/α-hetero) is 1. The average molecular weight is 263 g/mol. The van der Waals surface area contributed by atoms with E-state index in [1.165, 1.54) is 6.92 Å². The van der Waals surface area contributed by atoms with Crippen molar-refractivity contribution in [2.75, 3.05) is 5.32 Å². The number of amides is 1. The molecule has 1 aromatic heterocycles. The smallest absolute Gasteiger partial charge is 0.272 e. The number of H-pyrrole nitrogens is 1. The number of anilines is 1. The molecule has 0 saturated carbocycles. The van der Waals surface area contributed by atoms with Crippen molar-refractivity contribution in [3.05, 3.63) is 52.8 Å². The predicted octanol–water partition coefficient (Wildman–Crippen LogP) is 3.12. The van der Waals surface area contributed by atoms with Crippen LogP contribution in [0.5, 0.6) is 0 Å². The van der Waals surface area contributed by atoms with Crippen LogP contribution in [0.4, 0.5) is 5.69 Å². The number of ketones is 1. The highest BCUT2D eigenvalue weighted by Gasteiger charge is 2.10. The molecule has 4 nitrogen and oxygen atoms in total. The highest BCUT2D eigenvalue weighted by molar-refractivity contribution is 6.30. The summed E-state index contributed by atoms with van der Waals surface area (Å²) in [7, 11) is 0. The van der Waals surface area contributed by atoms with Crippen molar-refractivity contribution < 1.29 is 9.59 Å². The van der Waals surface area contributed by atoms with E-state index < -0.39 is 0 Å². The molecule has 1 aromatic carbocycles. The van der Waals surface area contributed by atoms with Crippen molar-refractivity contribution in [2.24, 2.45) is 0 Å². The molecule has 2 aromatic rings. The Hall–Kier alpha value is -2.07. The van der Waals surface area contributed by atoms with Crippen molar-refractivity contribution >= 4 is 29.0 Å². The monoisotopic (exact) mass is 262 g/mol. The lowest BCUT2D eigenvalue weighted by molar-refractivity contribution is 0.101. The van der Waals surface area contributed by atoms with E-state index in [4.69, 9.17) is 11.6 Å². The number of carbonyl (C=O) groups is 2. The molecular weight excluding hydrogens is 252 g/mol. The van der Waals surface area contributed by atoms with Crippen molar-refractivity contribution in [2.45, 2.75) is 6.92 Å². The molecule has 0 radical (unpaired) electrons. The van der Waals surface area contributed by atoms with Crippen molar-refractivity contribution in [3.63, 3.8) is 0 Å². The number of halogens is 1. The summed E-state index contributed by atoms with van der Waals surface area (Å²) in [6, 6.07) is 9.99. The van der Waals surface area contributed by atoms with Gasteiger partial charge in [0.1, 0.15) is 5.69 Å². The highest BCUT2D eigenvalue weighted by Crippen LogP contribution is 2.15. The SMILES string of the molecule is CC(=O)c1ccc(C(=O)Nc2cccc(Cl)c2)[nH]1. The largest absolute Gasteiger partial charge is 0.348 e. The second-order valence-corrected chi connectivity index (χ2v) is 4.24. The number of carbonyl (C=O) groups excluding carboxylic acids is 2. The van der Waals surface area contributed by atoms with Gasteiger partial charge in [-0.2, -0.15) is 0 Å². The molecule has 18 heavy (non-hydrogen) atoms. The first kappa shape index (κ1) is 12.4. The third-order valence-electron chi connectivity index (χ3n) is 2.39. The van der Waals surface area contributed by atoms with Gasteiger partial charge < -0.3 is 10.3 Å². The fourth-order valence-corrected chi connectivity index (χ4v) is 1.69. The van der Waals surface area contributed by atoms with Gasteiger partial charge in [-0.25, -0.2) is 0 Å². The Bertz CT molecular complexity index is 605. The van der Waals surface area contributed by atoms with Gasteiger partial charge in [0.05, 0.1) is 5.69 Å². The van der Waals surface area contributed by atoms with E-state index in [0.29, 0.717) is 22.1 Å². The Kier molecular flexibility index (Phi) is 3.48. The quantitative estimate of drug-likeness (QED) is 0.835. The summed E-state index contributed by atoms with van der Waals surface area (Å²) < 4.78 is 0. The number of benzene rings is 1. The second kappa shape index (κ2) is 5.06. The van der Waals surface area contributed by atoms with Gasteiger partial charge in [0.15, 0.2) is 5.78 Å². The molecule has 2 N–H and O–H groups in total. The van der Waals surface area contributed by atoms with Crippen LogP contribution < -0.4 is 5.32 Å². The van der Waals surface area contributed by atoms with Gasteiger partial charge in [-0.3, -0.25) is 9.59 Å². The summed E-state index contributed by atoms with van der Waals surface area (Å²) in [6.45, 7) is 1.44. The standard InChI is InChI=1S/C13H11ClN2O2/c1-8(17)11-5-6-12(16-11)13(18)15-10-4-2-3-9(14)7-10/h2-7,16H,1H3,(H,15,18). The van der Waals surface area contributed by atoms with Gasteiger partial charge in [-0.05, 0) is 30.3 Å². The van der Waals surface area contributed by atoms with Crippen LogP contribution in [-0.2, 0) is 0 Å². The van der Waals surface area contributed by atoms with Crippen molar-refractivity contribution in [1.29, 1.82) is 0 Å². The second-order valence-electron chi connectivity index (χ2n) is 3.81. The van der Waals surface area contributed by atoms with E-state index in [0.717, 1.165) is 0 Å². The molecule has 92 valence electrons. The van der Waals surface area contributed by atoms with Crippen LogP contribution in [0, 0.1) is 0 Å². The third kappa shape index (κ3) is 2.78. The van der Waals surface area contributed by atoms with E-state index in [1.807, 2.05) is 0 Å². The minimum absolute atomic E-state index is 0.114. The lowest BCUT2D eigenvalue weighted by atomic mass is 10.3. The molecule has 0 aliphatic carbocycles. The fourth-order valence-electron chi connectivity index (χ4n) is 1.50. The van der Waals surface area contributed by atoms with Gasteiger partial charge >= 0.3 is 0 Å². The molecule has 0 bridgehead atoms. The molecule has 0 fully saturated rings. The number of nitrogens with one attached hydrogen (secondary N) is 2. The van der Waals surface area contributed by atoms with E-state index in [-0.39, 0.29) is 11.7 Å². The van der Waals surface area contributed by atoms with Crippen LogP contribution in [0.15, 0.2) is 36.4 Å². The van der Waals surface area contributed by atoms with Gasteiger partial charge in [-0.15, -0.1) is 0 Å². The normalized spacial score (nSPS) is 10.1. The Labute approximate surface area is 109 Å². The minimum Gasteiger partial charge on any atom is -0.348 e. The van der Waals surface area contributed by atoms with E-state index in [2.05, 4.69) is 10.3 Å². The summed E-state index contributed by atoms with van der Waals surface area (Å²) in [5, 5.41) is 3.23. The zero-order valence-electron chi connectivity index (χ0n) is 9.66. The summed E-state index contributed by atoms with van der Waals surface area (Å²) in [4.78, 5) is 25.7. The maximum Gasteiger partial charge on any atom is 0.272 e. The number of hydrogen-bond donors (Lipinski definition) is 2. The lowest BCUT2D eigenvalue weighted by Gasteiger charge is -2.03. The summed E-state index contributed by atoms with van der Waals surface area (Å²) in [5.74, 6) is -0.429. The molecule has 0 spiro atoms. The first-order chi connectivity index (χ1) is 8.56. The molecule has 0 aliphatic rings. The predicted molar refractivity (Wildman–Crippen MR) is 70.2 cm³/mol. The van der Waals surface area contributed by atoms with Crippen LogP contribution in [0.1, 0.15) is 27.9 Å². The van der Waals surface area contributed by atoms with E-state index in [9.17, 15) is 9.59 Å². The molecule has 0 aliphatic heterocycles. The minimum atomic E-state index is -0.315. The van der Waals surface area contributed by atoms with Gasteiger partial charge in [-0.1, -0.05) is 17.7 Å². The topological polar surface area (TPSA) is 62.0 Å². The van der Waals surface area contributed by atoms with Crippen LogP contribution in [0.25, 0.3) is 0 Å². The number of aromatic nitrogens is 1. The van der Waals surface area contributed by atoms with Gasteiger partial charge in [0.2, 0.25) is 0 Å². The molecular formula is C13H11ClN2O2. The lowest BCUT2D eigenvalue weighted by Crippen LogP contribution is -2.12. The maximum absolute atomic E-state index is 11.9. The van der Waals surface area contributed by atoms with Gasteiger partial charge in [0, 0.05) is 17.6 Å². The van der Waals surface area contributed by atoms with Crippen LogP contribution in [0.3, 0.4) is 0 Å². The highest BCUT2D eigenvalue weighted by atomic mass is 35.5. The van der Waals surface area contributed by atoms with E-state index >= 15 is 0 Å². The molecule has 0 atom stereocenters. The zero-order valence-corrected chi connectivity index (χ0v) is 10.4. The molecule has 2 rings (SSSR count). The Morgan fingerprint density at radius 3 is 2.50 bits per heavy atom. The Balaban J connectivity index is 2.14. The average Bonchev–Trinajstić information content (AvgIpc) is 2.78. The summed E-state index contributed by atoms with van der Waals surface area (Å²) in [5.41, 5.74) is 1.35. The number of aromatic amines is 1. The molecule has 1 amide bonds. The number of rotatable bonds is 3. The molecule has 0 unspecified atom stereocenters. The molecule has 5 heteroatoms. The van der Waals surface area contributed by atoms with Crippen LogP contribution in [0.2, 0.25) is 5.02 Å². The van der Waals surface area contributed by atoms with Crippen molar-refractivity contribution in [1.82, 2.24) is 4.98 Å². The van der Waals surface area contributed by atoms with Crippen molar-refractivity contribution in [3.8, 4) is 0 Å². The first-order valence-electron chi connectivity index (χ1n) is 5.33. The molecule has 0 saturated heterocycles.